The zero-order chi connectivity index (χ0) is 42.6. The van der Waals surface area contributed by atoms with E-state index in [0.717, 1.165) is 24.3 Å². The number of Topliss-reactive ketones (excluding diaryl/α,β-unsaturated/α-hetero) is 1. The molecular weight excluding hydrogens is 683 g/mol. The lowest BCUT2D eigenvalue weighted by atomic mass is 10.0. The summed E-state index contributed by atoms with van der Waals surface area (Å²) in [5, 5.41) is 5.22. The Balaban J connectivity index is -0.000000915. The zero-order valence-corrected chi connectivity index (χ0v) is 37.3. The number of rotatable bonds is 21. The molecule has 1 aromatic rings. The van der Waals surface area contributed by atoms with Gasteiger partial charge in [-0.05, 0) is 30.7 Å². The number of amides is 3. The van der Waals surface area contributed by atoms with Crippen LogP contribution in [0.3, 0.4) is 0 Å². The van der Waals surface area contributed by atoms with Crippen molar-refractivity contribution in [2.75, 3.05) is 33.9 Å². The van der Waals surface area contributed by atoms with Crippen molar-refractivity contribution in [3.63, 3.8) is 0 Å². The molecule has 0 aromatic heterocycles. The van der Waals surface area contributed by atoms with Gasteiger partial charge in [-0.2, -0.15) is 0 Å². The lowest BCUT2D eigenvalue weighted by molar-refractivity contribution is -0.149. The van der Waals surface area contributed by atoms with E-state index in [2.05, 4.69) is 50.2 Å². The molecule has 1 aromatic carbocycles. The molecule has 0 bridgehead atoms. The topological polar surface area (TPSA) is 152 Å². The summed E-state index contributed by atoms with van der Waals surface area (Å²) < 4.78 is 11.3. The fourth-order valence-corrected chi connectivity index (χ4v) is 4.23. The van der Waals surface area contributed by atoms with Gasteiger partial charge in [0.15, 0.2) is 5.78 Å². The van der Waals surface area contributed by atoms with Crippen LogP contribution in [0.4, 0.5) is 0 Å². The van der Waals surface area contributed by atoms with Crippen LogP contribution in [-0.2, 0) is 35.1 Å². The maximum absolute atomic E-state index is 13.5. The molecule has 11 nitrogen and oxygen atoms in total. The molecule has 3 amide bonds. The first-order valence-electron chi connectivity index (χ1n) is 20.4. The largest absolute Gasteiger partial charge is 0.379 e. The molecule has 0 spiro atoms. The molecule has 0 aliphatic heterocycles. The smallest absolute Gasteiger partial charge is 0.239 e. The van der Waals surface area contributed by atoms with E-state index in [-0.39, 0.29) is 43.0 Å². The number of methoxy groups -OCH3 is 2. The van der Waals surface area contributed by atoms with E-state index in [9.17, 15) is 19.2 Å². The van der Waals surface area contributed by atoms with Crippen LogP contribution in [0.1, 0.15) is 135 Å². The zero-order valence-electron chi connectivity index (χ0n) is 37.3. The van der Waals surface area contributed by atoms with Gasteiger partial charge < -0.3 is 30.7 Å². The number of ether oxygens (including phenoxy) is 2. The van der Waals surface area contributed by atoms with Crippen LogP contribution in [0.5, 0.6) is 0 Å². The Morgan fingerprint density at radius 3 is 1.85 bits per heavy atom. The standard InChI is InChI=1S/C31H51N5O6.C5H12.C3H8.2C2H6/c1-8-9-15-36(28(39)17-25(41-6)19-34-27(38)20-35-30(40)29(32)21(2)3)31(42-7)22(4)18-33-26(23(5)37)16-24-13-11-10-12-14-24;1-4-5(2)3;1-3-2;2*1-2/h10-14,18,21-22,25-26,29,31H,8-9,15-17,19-20,32H2,1-7H3,(H,34,38)(H,35,40);5H,4H2,1-3H3;3H2,1-2H3;2*1-2H3. The molecule has 0 heterocycles. The Hall–Kier alpha value is -3.15. The van der Waals surface area contributed by atoms with Gasteiger partial charge in [-0.15, -0.1) is 0 Å². The molecule has 4 N–H and O–H groups in total. The number of benzene rings is 1. The fraction of sp³-hybridized carbons (Fsp3) is 0.744. The summed E-state index contributed by atoms with van der Waals surface area (Å²) >= 11 is 0. The highest BCUT2D eigenvalue weighted by molar-refractivity contribution is 5.87. The molecule has 54 heavy (non-hydrogen) atoms. The first-order valence-corrected chi connectivity index (χ1v) is 20.4. The third kappa shape index (κ3) is 29.2. The fourth-order valence-electron chi connectivity index (χ4n) is 4.23. The molecule has 0 aliphatic rings. The maximum Gasteiger partial charge on any atom is 0.239 e. The van der Waals surface area contributed by atoms with Gasteiger partial charge >= 0.3 is 0 Å². The number of hydrogen-bond donors (Lipinski definition) is 3. The first-order chi connectivity index (χ1) is 25.6. The van der Waals surface area contributed by atoms with Crippen LogP contribution in [0.2, 0.25) is 0 Å². The summed E-state index contributed by atoms with van der Waals surface area (Å²) in [6.07, 6.45) is 5.21. The van der Waals surface area contributed by atoms with Gasteiger partial charge in [-0.25, -0.2) is 0 Å². The number of nitrogens with two attached hydrogens (primary N) is 1. The minimum Gasteiger partial charge on any atom is -0.379 e. The van der Waals surface area contributed by atoms with Crippen LogP contribution < -0.4 is 16.4 Å². The number of ketones is 1. The monoisotopic (exact) mass is 766 g/mol. The highest BCUT2D eigenvalue weighted by atomic mass is 16.5. The van der Waals surface area contributed by atoms with Crippen LogP contribution in [-0.4, -0.2) is 92.9 Å². The highest BCUT2D eigenvalue weighted by Gasteiger charge is 2.29. The van der Waals surface area contributed by atoms with E-state index in [1.807, 2.05) is 85.7 Å². The Bertz CT molecular complexity index is 1080. The third-order valence-electron chi connectivity index (χ3n) is 7.84. The second-order valence-electron chi connectivity index (χ2n) is 13.4. The minimum atomic E-state index is -0.699. The molecule has 316 valence electrons. The van der Waals surface area contributed by atoms with Crippen LogP contribution in [0.25, 0.3) is 0 Å². The SMILES string of the molecule is CC.CC.CCC.CCC(C)C.CCCCN(C(=O)CC(CNC(=O)CNC(=O)C(N)C(C)C)OC)C(OC)C(C)C=NC(Cc1ccccc1)C(C)=O. The molecule has 1 rings (SSSR count). The Labute approximate surface area is 331 Å². The number of nitrogens with one attached hydrogen (secondary N) is 2. The lowest BCUT2D eigenvalue weighted by Crippen LogP contribution is -2.49. The molecule has 0 saturated carbocycles. The first kappa shape index (κ1) is 57.6. The maximum atomic E-state index is 13.5. The Morgan fingerprint density at radius 2 is 1.43 bits per heavy atom. The second kappa shape index (κ2) is 38.1. The van der Waals surface area contributed by atoms with E-state index >= 15 is 0 Å². The van der Waals surface area contributed by atoms with Crippen molar-refractivity contribution in [2.45, 2.75) is 160 Å². The number of hydrogen-bond acceptors (Lipinski definition) is 8. The van der Waals surface area contributed by atoms with Crippen molar-refractivity contribution in [2.24, 2.45) is 28.5 Å². The second-order valence-corrected chi connectivity index (χ2v) is 13.4. The van der Waals surface area contributed by atoms with E-state index in [4.69, 9.17) is 15.2 Å². The van der Waals surface area contributed by atoms with Gasteiger partial charge in [0.2, 0.25) is 17.7 Å². The van der Waals surface area contributed by atoms with Crippen molar-refractivity contribution in [3.05, 3.63) is 35.9 Å². The third-order valence-corrected chi connectivity index (χ3v) is 7.84. The summed E-state index contributed by atoms with van der Waals surface area (Å²) in [4.78, 5) is 56.3. The number of carbonyl (C=O) groups is 4. The van der Waals surface area contributed by atoms with Crippen molar-refractivity contribution in [1.29, 1.82) is 0 Å². The average molecular weight is 766 g/mol. The number of unbranched alkanes of at least 4 members (excludes halogenated alkanes) is 1. The van der Waals surface area contributed by atoms with E-state index in [1.165, 1.54) is 26.9 Å². The summed E-state index contributed by atoms with van der Waals surface area (Å²) in [6.45, 7) is 28.3. The summed E-state index contributed by atoms with van der Waals surface area (Å²) in [5.74, 6) is -0.509. The van der Waals surface area contributed by atoms with Crippen molar-refractivity contribution in [1.82, 2.24) is 15.5 Å². The predicted octanol–water partition coefficient (Wildman–Crippen LogP) is 7.64. The van der Waals surface area contributed by atoms with Crippen LogP contribution in [0.15, 0.2) is 35.3 Å². The molecule has 0 aliphatic carbocycles. The normalized spacial score (nSPS) is 13.2. The highest BCUT2D eigenvalue weighted by Crippen LogP contribution is 2.16. The van der Waals surface area contributed by atoms with Gasteiger partial charge in [-0.1, -0.05) is 140 Å². The lowest BCUT2D eigenvalue weighted by Gasteiger charge is -2.34. The number of carbonyl (C=O) groups excluding carboxylic acids is 4. The summed E-state index contributed by atoms with van der Waals surface area (Å²) in [6, 6.07) is 8.48. The molecule has 5 unspecified atom stereocenters. The quantitative estimate of drug-likeness (QED) is 0.0860. The Morgan fingerprint density at radius 1 is 0.889 bits per heavy atom. The average Bonchev–Trinajstić information content (AvgIpc) is 3.17. The van der Waals surface area contributed by atoms with Gasteiger partial charge in [0.1, 0.15) is 12.3 Å². The van der Waals surface area contributed by atoms with Crippen LogP contribution >= 0.6 is 0 Å². The van der Waals surface area contributed by atoms with Crippen LogP contribution in [0, 0.1) is 17.8 Å². The predicted molar refractivity (Wildman–Crippen MR) is 228 cm³/mol. The molecule has 0 saturated heterocycles. The van der Waals surface area contributed by atoms with E-state index in [1.54, 1.807) is 18.2 Å². The van der Waals surface area contributed by atoms with E-state index in [0.29, 0.717) is 13.0 Å². The minimum absolute atomic E-state index is 0.0128. The summed E-state index contributed by atoms with van der Waals surface area (Å²) in [7, 11) is 3.02. The molecule has 0 fully saturated rings. The molecule has 5 atom stereocenters. The van der Waals surface area contributed by atoms with Gasteiger partial charge in [-0.3, -0.25) is 24.2 Å². The molecule has 11 heteroatoms. The van der Waals surface area contributed by atoms with Gasteiger partial charge in [0, 0.05) is 45.9 Å². The number of nitrogens with zero attached hydrogens (tertiary/aromatic N) is 2. The van der Waals surface area contributed by atoms with E-state index < -0.39 is 36.2 Å². The summed E-state index contributed by atoms with van der Waals surface area (Å²) in [5.41, 5.74) is 6.82. The molecular formula is C43H83N5O6. The molecule has 0 radical (unpaired) electrons. The van der Waals surface area contributed by atoms with Crippen molar-refractivity contribution < 1.29 is 28.7 Å². The Kier molecular flexibility index (Phi) is 40.7. The number of aliphatic imine (C=N–C) groups is 1. The van der Waals surface area contributed by atoms with Crippen molar-refractivity contribution >= 4 is 29.7 Å². The van der Waals surface area contributed by atoms with Gasteiger partial charge in [0.05, 0.1) is 25.1 Å². The van der Waals surface area contributed by atoms with Crippen molar-refractivity contribution in [3.8, 4) is 0 Å². The van der Waals surface area contributed by atoms with Gasteiger partial charge in [0.25, 0.3) is 0 Å².